The Bertz CT molecular complexity index is 435. The Labute approximate surface area is 118 Å². The molecule has 7 nitrogen and oxygen atoms in total. The lowest BCUT2D eigenvalue weighted by molar-refractivity contribution is -0.145. The second kappa shape index (κ2) is 7.66. The van der Waals surface area contributed by atoms with Gasteiger partial charge in [-0.05, 0) is 6.07 Å². The van der Waals surface area contributed by atoms with E-state index in [9.17, 15) is 4.79 Å². The van der Waals surface area contributed by atoms with Crippen molar-refractivity contribution in [2.24, 2.45) is 0 Å². The number of hydrogen-bond acceptors (Lipinski definition) is 7. The van der Waals surface area contributed by atoms with Crippen LogP contribution in [0.1, 0.15) is 0 Å². The van der Waals surface area contributed by atoms with E-state index in [0.717, 1.165) is 18.8 Å². The van der Waals surface area contributed by atoms with Crippen molar-refractivity contribution < 1.29 is 14.3 Å². The van der Waals surface area contributed by atoms with E-state index >= 15 is 0 Å². The fourth-order valence-corrected chi connectivity index (χ4v) is 1.90. The highest BCUT2D eigenvalue weighted by molar-refractivity contribution is 5.71. The maximum Gasteiger partial charge on any atom is 0.320 e. The molecule has 0 spiro atoms. The smallest absolute Gasteiger partial charge is 0.320 e. The number of hydrogen-bond donors (Lipinski definition) is 2. The number of rotatable bonds is 6. The Balaban J connectivity index is 1.59. The van der Waals surface area contributed by atoms with Crippen LogP contribution < -0.4 is 11.1 Å². The van der Waals surface area contributed by atoms with Gasteiger partial charge in [0.15, 0.2) is 0 Å². The van der Waals surface area contributed by atoms with Crippen molar-refractivity contribution in [3.63, 3.8) is 0 Å². The summed E-state index contributed by atoms with van der Waals surface area (Å²) in [7, 11) is 0. The molecule has 3 N–H and O–H groups in total. The van der Waals surface area contributed by atoms with Gasteiger partial charge in [-0.15, -0.1) is 0 Å². The molecule has 0 radical (unpaired) electrons. The Morgan fingerprint density at radius 1 is 1.45 bits per heavy atom. The van der Waals surface area contributed by atoms with Crippen LogP contribution in [0.5, 0.6) is 0 Å². The van der Waals surface area contributed by atoms with E-state index in [-0.39, 0.29) is 5.97 Å². The first kappa shape index (κ1) is 14.5. The zero-order valence-electron chi connectivity index (χ0n) is 11.4. The van der Waals surface area contributed by atoms with Gasteiger partial charge in [0.05, 0.1) is 37.3 Å². The average Bonchev–Trinajstić information content (AvgIpc) is 2.45. The summed E-state index contributed by atoms with van der Waals surface area (Å²) in [6.07, 6.45) is 3.25. The predicted octanol–water partition coefficient (Wildman–Crippen LogP) is -0.0489. The second-order valence-electron chi connectivity index (χ2n) is 4.54. The summed E-state index contributed by atoms with van der Waals surface area (Å²) in [5, 5.41) is 3.09. The molecule has 0 aromatic carbocycles. The minimum Gasteiger partial charge on any atom is -0.463 e. The fraction of sp³-hybridized carbons (Fsp3) is 0.538. The highest BCUT2D eigenvalue weighted by atomic mass is 16.5. The van der Waals surface area contributed by atoms with Gasteiger partial charge in [0.2, 0.25) is 0 Å². The number of morpholine rings is 1. The molecular formula is C13H20N4O3. The largest absolute Gasteiger partial charge is 0.463 e. The average molecular weight is 280 g/mol. The number of nitrogens with zero attached hydrogens (tertiary/aromatic N) is 2. The Morgan fingerprint density at radius 3 is 3.00 bits per heavy atom. The number of pyridine rings is 1. The van der Waals surface area contributed by atoms with Gasteiger partial charge in [-0.25, -0.2) is 0 Å². The van der Waals surface area contributed by atoms with E-state index in [4.69, 9.17) is 15.2 Å². The van der Waals surface area contributed by atoms with Gasteiger partial charge >= 0.3 is 5.97 Å². The lowest BCUT2D eigenvalue weighted by atomic mass is 10.4. The number of nitrogens with one attached hydrogen (secondary N) is 1. The molecule has 2 rings (SSSR count). The van der Waals surface area contributed by atoms with Gasteiger partial charge in [-0.3, -0.25) is 14.7 Å². The third-order valence-electron chi connectivity index (χ3n) is 2.91. The van der Waals surface area contributed by atoms with Gasteiger partial charge in [-0.1, -0.05) is 0 Å². The summed E-state index contributed by atoms with van der Waals surface area (Å²) in [4.78, 5) is 17.6. The van der Waals surface area contributed by atoms with E-state index in [0.29, 0.717) is 38.6 Å². The molecule has 0 bridgehead atoms. The number of nitrogens with two attached hydrogens (primary N) is 1. The van der Waals surface area contributed by atoms with Crippen LogP contribution in [0, 0.1) is 0 Å². The van der Waals surface area contributed by atoms with Crippen LogP contribution in [0.3, 0.4) is 0 Å². The maximum absolute atomic E-state index is 11.6. The lowest BCUT2D eigenvalue weighted by Gasteiger charge is -2.25. The summed E-state index contributed by atoms with van der Waals surface area (Å²) in [5.74, 6) is -0.209. The number of esters is 1. The normalized spacial score (nSPS) is 15.8. The van der Waals surface area contributed by atoms with Crippen molar-refractivity contribution in [2.45, 2.75) is 0 Å². The summed E-state index contributed by atoms with van der Waals surface area (Å²) in [6, 6.07) is 1.78. The van der Waals surface area contributed by atoms with Crippen LogP contribution in [-0.2, 0) is 14.3 Å². The third-order valence-corrected chi connectivity index (χ3v) is 2.91. The van der Waals surface area contributed by atoms with Crippen molar-refractivity contribution >= 4 is 17.3 Å². The summed E-state index contributed by atoms with van der Waals surface area (Å²) in [5.41, 5.74) is 7.02. The molecule has 20 heavy (non-hydrogen) atoms. The topological polar surface area (TPSA) is 89.7 Å². The van der Waals surface area contributed by atoms with Crippen LogP contribution >= 0.6 is 0 Å². The Morgan fingerprint density at radius 2 is 2.25 bits per heavy atom. The number of nitrogen functional groups attached to an aromatic ring is 1. The molecule has 1 saturated heterocycles. The molecule has 1 fully saturated rings. The number of aromatic nitrogens is 1. The van der Waals surface area contributed by atoms with Crippen LogP contribution in [0.15, 0.2) is 18.5 Å². The summed E-state index contributed by atoms with van der Waals surface area (Å²) >= 11 is 0. The number of carbonyl (C=O) groups excluding carboxylic acids is 1. The molecule has 1 aliphatic heterocycles. The molecule has 0 unspecified atom stereocenters. The first-order valence-electron chi connectivity index (χ1n) is 6.64. The van der Waals surface area contributed by atoms with E-state index in [1.807, 2.05) is 4.90 Å². The SMILES string of the molecule is Nc1cncc(NCCOC(=O)CN2CCOCC2)c1. The Hall–Kier alpha value is -1.86. The molecule has 1 aliphatic rings. The molecule has 1 aromatic heterocycles. The third kappa shape index (κ3) is 5.02. The molecule has 0 aliphatic carbocycles. The van der Waals surface area contributed by atoms with Gasteiger partial charge < -0.3 is 20.5 Å². The van der Waals surface area contributed by atoms with Crippen molar-refractivity contribution in [2.75, 3.05) is 57.1 Å². The second-order valence-corrected chi connectivity index (χ2v) is 4.54. The predicted molar refractivity (Wildman–Crippen MR) is 75.4 cm³/mol. The number of anilines is 2. The van der Waals surface area contributed by atoms with Crippen molar-refractivity contribution in [3.8, 4) is 0 Å². The highest BCUT2D eigenvalue weighted by Crippen LogP contribution is 2.08. The monoisotopic (exact) mass is 280 g/mol. The molecule has 1 aromatic rings. The minimum atomic E-state index is -0.209. The molecule has 7 heteroatoms. The molecular weight excluding hydrogens is 260 g/mol. The van der Waals surface area contributed by atoms with Crippen LogP contribution in [-0.4, -0.2) is 61.9 Å². The van der Waals surface area contributed by atoms with Crippen molar-refractivity contribution in [3.05, 3.63) is 18.5 Å². The van der Waals surface area contributed by atoms with E-state index in [1.165, 1.54) is 0 Å². The number of carbonyl (C=O) groups is 1. The summed E-state index contributed by atoms with van der Waals surface area (Å²) in [6.45, 7) is 4.08. The number of ether oxygens (including phenoxy) is 2. The van der Waals surface area contributed by atoms with Crippen LogP contribution in [0.4, 0.5) is 11.4 Å². The zero-order chi connectivity index (χ0) is 14.2. The van der Waals surface area contributed by atoms with E-state index in [1.54, 1.807) is 18.5 Å². The van der Waals surface area contributed by atoms with Gasteiger partial charge in [-0.2, -0.15) is 0 Å². The van der Waals surface area contributed by atoms with Crippen LogP contribution in [0.25, 0.3) is 0 Å². The Kier molecular flexibility index (Phi) is 5.57. The van der Waals surface area contributed by atoms with Gasteiger partial charge in [0.1, 0.15) is 6.61 Å². The van der Waals surface area contributed by atoms with E-state index < -0.39 is 0 Å². The standard InChI is InChI=1S/C13H20N4O3/c14-11-7-12(9-15-8-11)16-1-4-20-13(18)10-17-2-5-19-6-3-17/h7-9,16H,1-6,10,14H2. The minimum absolute atomic E-state index is 0.209. The quantitative estimate of drug-likeness (QED) is 0.558. The summed E-state index contributed by atoms with van der Waals surface area (Å²) < 4.78 is 10.4. The van der Waals surface area contributed by atoms with Crippen LogP contribution in [0.2, 0.25) is 0 Å². The first-order valence-corrected chi connectivity index (χ1v) is 6.64. The molecule has 0 atom stereocenters. The lowest BCUT2D eigenvalue weighted by Crippen LogP contribution is -2.40. The molecule has 2 heterocycles. The van der Waals surface area contributed by atoms with Crippen molar-refractivity contribution in [1.29, 1.82) is 0 Å². The van der Waals surface area contributed by atoms with Gasteiger partial charge in [0, 0.05) is 25.8 Å². The van der Waals surface area contributed by atoms with E-state index in [2.05, 4.69) is 10.3 Å². The first-order chi connectivity index (χ1) is 9.74. The molecule has 0 amide bonds. The van der Waals surface area contributed by atoms with Gasteiger partial charge in [0.25, 0.3) is 0 Å². The highest BCUT2D eigenvalue weighted by Gasteiger charge is 2.14. The van der Waals surface area contributed by atoms with Crippen molar-refractivity contribution in [1.82, 2.24) is 9.88 Å². The fourth-order valence-electron chi connectivity index (χ4n) is 1.90. The maximum atomic E-state index is 11.6. The molecule has 110 valence electrons. The zero-order valence-corrected chi connectivity index (χ0v) is 11.4. The molecule has 0 saturated carbocycles.